The number of hydrogen-bond donors (Lipinski definition) is 4. The van der Waals surface area contributed by atoms with E-state index in [1.807, 2.05) is 48.5 Å². The van der Waals surface area contributed by atoms with E-state index >= 15 is 0 Å². The summed E-state index contributed by atoms with van der Waals surface area (Å²) in [7, 11) is 0. The van der Waals surface area contributed by atoms with Gasteiger partial charge in [0.05, 0.1) is 32.0 Å². The molecule has 0 aromatic heterocycles. The van der Waals surface area contributed by atoms with Crippen LogP contribution in [0.5, 0.6) is 0 Å². The molecule has 2 amide bonds. The predicted molar refractivity (Wildman–Crippen MR) is 151 cm³/mol. The Balaban J connectivity index is 1.20. The Bertz CT molecular complexity index is 1160. The van der Waals surface area contributed by atoms with E-state index in [0.717, 1.165) is 54.7 Å². The van der Waals surface area contributed by atoms with Crippen LogP contribution >= 0.6 is 0 Å². The van der Waals surface area contributed by atoms with Crippen LogP contribution in [0.3, 0.4) is 0 Å². The summed E-state index contributed by atoms with van der Waals surface area (Å²) < 4.78 is 24.8. The molecule has 228 valence electrons. The summed E-state index contributed by atoms with van der Waals surface area (Å²) in [4.78, 5) is 25.6. The molecule has 3 fully saturated rings. The lowest BCUT2D eigenvalue weighted by Gasteiger charge is -2.41. The van der Waals surface area contributed by atoms with Gasteiger partial charge in [0.1, 0.15) is 0 Å². The molecular weight excluding hydrogens is 542 g/mol. The Morgan fingerprint density at radius 3 is 2.19 bits per heavy atom. The van der Waals surface area contributed by atoms with E-state index in [1.165, 1.54) is 0 Å². The zero-order valence-corrected chi connectivity index (χ0v) is 23.8. The van der Waals surface area contributed by atoms with Gasteiger partial charge >= 0.3 is 0 Å². The average Bonchev–Trinajstić information content (AvgIpc) is 3.49. The molecule has 11 nitrogen and oxygen atoms in total. The van der Waals surface area contributed by atoms with Gasteiger partial charge < -0.3 is 34.3 Å². The molecule has 0 saturated carbocycles. The van der Waals surface area contributed by atoms with Crippen molar-refractivity contribution in [3.63, 3.8) is 0 Å². The fraction of sp³-hybridized carbons (Fsp3) is 0.548. The zero-order valence-electron chi connectivity index (χ0n) is 23.8. The molecule has 3 saturated heterocycles. The number of hydroxylamine groups is 1. The van der Waals surface area contributed by atoms with Crippen LogP contribution in [0, 0.1) is 0 Å². The monoisotopic (exact) mass is 583 g/mol. The minimum atomic E-state index is -0.551. The highest BCUT2D eigenvalue weighted by molar-refractivity contribution is 5.78. The summed E-state index contributed by atoms with van der Waals surface area (Å²) in [6.45, 7) is 4.25. The van der Waals surface area contributed by atoms with Crippen molar-refractivity contribution in [2.45, 2.75) is 76.0 Å². The van der Waals surface area contributed by atoms with E-state index in [4.69, 9.17) is 24.2 Å². The molecule has 0 unspecified atom stereocenters. The van der Waals surface area contributed by atoms with Gasteiger partial charge in [-0.15, -0.1) is 0 Å². The summed E-state index contributed by atoms with van der Waals surface area (Å²) >= 11 is 0. The van der Waals surface area contributed by atoms with Crippen molar-refractivity contribution in [3.8, 4) is 0 Å². The summed E-state index contributed by atoms with van der Waals surface area (Å²) in [5.74, 6) is -1.07. The van der Waals surface area contributed by atoms with Crippen molar-refractivity contribution in [1.29, 1.82) is 0 Å². The van der Waals surface area contributed by atoms with Crippen LogP contribution in [0.15, 0.2) is 48.5 Å². The quantitative estimate of drug-likeness (QED) is 0.232. The molecule has 3 atom stereocenters. The summed E-state index contributed by atoms with van der Waals surface area (Å²) in [5.41, 5.74) is 5.30. The van der Waals surface area contributed by atoms with Crippen LogP contribution in [-0.2, 0) is 41.7 Å². The summed E-state index contributed by atoms with van der Waals surface area (Å²) in [6.07, 6.45) is 2.31. The van der Waals surface area contributed by atoms with Gasteiger partial charge in [-0.1, -0.05) is 48.5 Å². The molecule has 4 N–H and O–H groups in total. The molecule has 0 bridgehead atoms. The Hall–Kier alpha value is -2.90. The number of hydrogen-bond acceptors (Lipinski definition) is 9. The fourth-order valence-corrected chi connectivity index (χ4v) is 5.73. The van der Waals surface area contributed by atoms with Crippen molar-refractivity contribution < 1.29 is 38.9 Å². The lowest BCUT2D eigenvalue weighted by molar-refractivity contribution is -0.255. The van der Waals surface area contributed by atoms with Gasteiger partial charge in [-0.2, -0.15) is 0 Å². The summed E-state index contributed by atoms with van der Waals surface area (Å²) in [5, 5.41) is 20.9. The van der Waals surface area contributed by atoms with Crippen molar-refractivity contribution in [2.75, 3.05) is 32.8 Å². The van der Waals surface area contributed by atoms with Gasteiger partial charge in [0.15, 0.2) is 12.1 Å². The first-order valence-corrected chi connectivity index (χ1v) is 14.7. The van der Waals surface area contributed by atoms with Gasteiger partial charge in [-0.3, -0.25) is 14.8 Å². The van der Waals surface area contributed by atoms with Crippen LogP contribution in [0.25, 0.3) is 0 Å². The third-order valence-electron chi connectivity index (χ3n) is 8.18. The number of benzene rings is 2. The Labute approximate surface area is 246 Å². The van der Waals surface area contributed by atoms with Crippen LogP contribution in [-0.4, -0.2) is 71.8 Å². The normalized spacial score (nSPS) is 24.0. The molecule has 2 aromatic rings. The topological polar surface area (TPSA) is 139 Å². The molecule has 3 aliphatic rings. The van der Waals surface area contributed by atoms with E-state index < -0.39 is 18.0 Å². The number of nitrogens with zero attached hydrogens (tertiary/aromatic N) is 1. The maximum atomic E-state index is 12.1. The molecule has 1 spiro atoms. The molecule has 3 aliphatic heterocycles. The maximum Gasteiger partial charge on any atom is 0.243 e. The first kappa shape index (κ1) is 30.6. The Kier molecular flexibility index (Phi) is 10.6. The maximum absolute atomic E-state index is 12.1. The minimum Gasteiger partial charge on any atom is -0.392 e. The predicted octanol–water partition coefficient (Wildman–Crippen LogP) is 2.86. The number of ether oxygens (including phenoxy) is 4. The van der Waals surface area contributed by atoms with E-state index in [0.29, 0.717) is 32.6 Å². The van der Waals surface area contributed by atoms with Crippen molar-refractivity contribution in [3.05, 3.63) is 70.8 Å². The fourth-order valence-electron chi connectivity index (χ4n) is 5.73. The third-order valence-corrected chi connectivity index (χ3v) is 8.18. The van der Waals surface area contributed by atoms with Crippen LogP contribution < -0.4 is 10.8 Å². The largest absolute Gasteiger partial charge is 0.392 e. The highest BCUT2D eigenvalue weighted by Crippen LogP contribution is 2.39. The number of likely N-dealkylation sites (tertiary alicyclic amines) is 1. The second kappa shape index (κ2) is 14.5. The Morgan fingerprint density at radius 1 is 0.881 bits per heavy atom. The molecule has 42 heavy (non-hydrogen) atoms. The number of amides is 2. The number of aliphatic hydroxyl groups excluding tert-OH is 1. The molecule has 0 radical (unpaired) electrons. The van der Waals surface area contributed by atoms with Crippen molar-refractivity contribution in [2.24, 2.45) is 0 Å². The van der Waals surface area contributed by atoms with Gasteiger partial charge in [0, 0.05) is 63.8 Å². The first-order chi connectivity index (χ1) is 20.4. The molecule has 5 rings (SSSR count). The Morgan fingerprint density at radius 2 is 1.52 bits per heavy atom. The second-order valence-corrected chi connectivity index (χ2v) is 11.2. The molecule has 11 heteroatoms. The lowest BCUT2D eigenvalue weighted by atomic mass is 9.98. The SMILES string of the molecule is O=C(CCCC(=O)NCc1ccc([C@H]2O[C@@H](CN3CCC4(CC3)OCCO4)C[C@@H](c3ccc(CO)cc3)O2)cc1)NO. The number of aliphatic hydroxyl groups is 1. The van der Waals surface area contributed by atoms with Gasteiger partial charge in [0.2, 0.25) is 11.8 Å². The smallest absolute Gasteiger partial charge is 0.243 e. The number of carbonyl (C=O) groups is 2. The van der Waals surface area contributed by atoms with Gasteiger partial charge in [0.25, 0.3) is 0 Å². The molecular formula is C31H41N3O8. The van der Waals surface area contributed by atoms with E-state index in [1.54, 1.807) is 5.48 Å². The number of carbonyl (C=O) groups excluding carboxylic acids is 2. The summed E-state index contributed by atoms with van der Waals surface area (Å²) in [6, 6.07) is 15.7. The zero-order chi connectivity index (χ0) is 29.4. The number of nitrogens with one attached hydrogen (secondary N) is 2. The average molecular weight is 584 g/mol. The lowest BCUT2D eigenvalue weighted by Crippen LogP contribution is -2.48. The highest BCUT2D eigenvalue weighted by Gasteiger charge is 2.41. The first-order valence-electron chi connectivity index (χ1n) is 14.7. The van der Waals surface area contributed by atoms with E-state index in [-0.39, 0.29) is 37.6 Å². The molecule has 3 heterocycles. The number of rotatable bonds is 11. The number of piperidine rings is 1. The standard InChI is InChI=1S/C31H41N3O8/c35-21-23-6-8-24(9-7-23)27-18-26(20-34-14-12-31(13-15-34)39-16-17-40-31)41-30(42-27)25-10-4-22(5-11-25)19-32-28(36)2-1-3-29(37)33-38/h4-11,26-27,30,35,38H,1-3,12-21H2,(H,32,36)(H,33,37)/t26-,27+,30+/m1/s1. The molecule has 2 aromatic carbocycles. The van der Waals surface area contributed by atoms with Crippen LogP contribution in [0.2, 0.25) is 0 Å². The van der Waals surface area contributed by atoms with Crippen LogP contribution in [0.4, 0.5) is 0 Å². The van der Waals surface area contributed by atoms with E-state index in [2.05, 4.69) is 10.2 Å². The van der Waals surface area contributed by atoms with Gasteiger partial charge in [-0.25, -0.2) is 5.48 Å². The van der Waals surface area contributed by atoms with Crippen molar-refractivity contribution in [1.82, 2.24) is 15.7 Å². The second-order valence-electron chi connectivity index (χ2n) is 11.2. The van der Waals surface area contributed by atoms with Crippen LogP contribution in [0.1, 0.15) is 73.2 Å². The highest BCUT2D eigenvalue weighted by atomic mass is 16.7. The van der Waals surface area contributed by atoms with Gasteiger partial charge in [-0.05, 0) is 23.1 Å². The third kappa shape index (κ3) is 8.13. The molecule has 0 aliphatic carbocycles. The minimum absolute atomic E-state index is 0.00227. The van der Waals surface area contributed by atoms with E-state index in [9.17, 15) is 14.7 Å². The van der Waals surface area contributed by atoms with Crippen molar-refractivity contribution >= 4 is 11.8 Å².